The van der Waals surface area contributed by atoms with Gasteiger partial charge in [0.05, 0.1) is 12.6 Å². The summed E-state index contributed by atoms with van der Waals surface area (Å²) in [5.41, 5.74) is 2.69. The summed E-state index contributed by atoms with van der Waals surface area (Å²) in [6.07, 6.45) is -0.579. The molecular formula is C16H24N2O3. The maximum absolute atomic E-state index is 11.9. The second-order valence-electron chi connectivity index (χ2n) is 5.60. The summed E-state index contributed by atoms with van der Waals surface area (Å²) in [4.78, 5) is 23.5. The number of nitrogens with one attached hydrogen (secondary N) is 2. The average Bonchev–Trinajstić information content (AvgIpc) is 2.44. The topological polar surface area (TPSA) is 78.4 Å². The van der Waals surface area contributed by atoms with Gasteiger partial charge in [0, 0.05) is 12.1 Å². The number of benzene rings is 1. The Bertz CT molecular complexity index is 512. The third-order valence-corrected chi connectivity index (χ3v) is 3.46. The number of aliphatic hydroxyl groups excluding tert-OH is 1. The molecule has 0 aliphatic rings. The number of carbonyl (C=O) groups is 2. The summed E-state index contributed by atoms with van der Waals surface area (Å²) in [5.74, 6) is -0.514. The lowest BCUT2D eigenvalue weighted by Crippen LogP contribution is -2.41. The van der Waals surface area contributed by atoms with Crippen LogP contribution in [-0.4, -0.2) is 36.1 Å². The Labute approximate surface area is 125 Å². The highest BCUT2D eigenvalue weighted by Crippen LogP contribution is 2.09. The molecule has 116 valence electrons. The lowest BCUT2D eigenvalue weighted by atomic mass is 10.1. The van der Waals surface area contributed by atoms with Gasteiger partial charge >= 0.3 is 0 Å². The van der Waals surface area contributed by atoms with Crippen molar-refractivity contribution in [3.63, 3.8) is 0 Å². The molecule has 5 heteroatoms. The minimum absolute atomic E-state index is 0.0791. The summed E-state index contributed by atoms with van der Waals surface area (Å²) in [7, 11) is 0. The first-order chi connectivity index (χ1) is 9.81. The Morgan fingerprint density at radius 2 is 1.81 bits per heavy atom. The predicted molar refractivity (Wildman–Crippen MR) is 82.1 cm³/mol. The van der Waals surface area contributed by atoms with Gasteiger partial charge in [0.25, 0.3) is 5.91 Å². The van der Waals surface area contributed by atoms with Gasteiger partial charge in [-0.2, -0.15) is 0 Å². The Balaban J connectivity index is 2.42. The Hall–Kier alpha value is -1.88. The maximum atomic E-state index is 11.9. The number of rotatable bonds is 6. The van der Waals surface area contributed by atoms with Crippen LogP contribution < -0.4 is 10.6 Å². The van der Waals surface area contributed by atoms with Crippen LogP contribution in [0.2, 0.25) is 0 Å². The van der Waals surface area contributed by atoms with E-state index < -0.39 is 6.10 Å². The van der Waals surface area contributed by atoms with Gasteiger partial charge in [-0.1, -0.05) is 19.9 Å². The van der Waals surface area contributed by atoms with Gasteiger partial charge in [0.2, 0.25) is 5.91 Å². The SMILES string of the molecule is Cc1ccc(C(=O)NCC(=O)NCC(O)C(C)C)cc1C. The molecule has 0 saturated heterocycles. The lowest BCUT2D eigenvalue weighted by molar-refractivity contribution is -0.120. The molecule has 0 spiro atoms. The van der Waals surface area contributed by atoms with Crippen molar-refractivity contribution < 1.29 is 14.7 Å². The first kappa shape index (κ1) is 17.2. The molecule has 21 heavy (non-hydrogen) atoms. The van der Waals surface area contributed by atoms with Crippen molar-refractivity contribution in [1.82, 2.24) is 10.6 Å². The average molecular weight is 292 g/mol. The minimum Gasteiger partial charge on any atom is -0.391 e. The van der Waals surface area contributed by atoms with E-state index >= 15 is 0 Å². The molecule has 5 nitrogen and oxygen atoms in total. The molecule has 3 N–H and O–H groups in total. The van der Waals surface area contributed by atoms with Gasteiger partial charge in [-0.25, -0.2) is 0 Å². The Morgan fingerprint density at radius 1 is 1.14 bits per heavy atom. The van der Waals surface area contributed by atoms with Crippen molar-refractivity contribution in [3.05, 3.63) is 34.9 Å². The van der Waals surface area contributed by atoms with Gasteiger partial charge in [-0.05, 0) is 43.0 Å². The first-order valence-electron chi connectivity index (χ1n) is 7.11. The van der Waals surface area contributed by atoms with E-state index in [1.807, 2.05) is 33.8 Å². The van der Waals surface area contributed by atoms with E-state index in [4.69, 9.17) is 0 Å². The third kappa shape index (κ3) is 5.55. The fourth-order valence-corrected chi connectivity index (χ4v) is 1.66. The zero-order valence-electron chi connectivity index (χ0n) is 13.1. The summed E-state index contributed by atoms with van der Waals surface area (Å²) in [6, 6.07) is 5.41. The molecular weight excluding hydrogens is 268 g/mol. The van der Waals surface area contributed by atoms with Crippen LogP contribution in [0.1, 0.15) is 35.3 Å². The summed E-state index contributed by atoms with van der Waals surface area (Å²) >= 11 is 0. The molecule has 0 radical (unpaired) electrons. The van der Waals surface area contributed by atoms with Crippen LogP contribution in [0, 0.1) is 19.8 Å². The fraction of sp³-hybridized carbons (Fsp3) is 0.500. The van der Waals surface area contributed by atoms with E-state index in [9.17, 15) is 14.7 Å². The van der Waals surface area contributed by atoms with Crippen molar-refractivity contribution in [1.29, 1.82) is 0 Å². The highest BCUT2D eigenvalue weighted by molar-refractivity contribution is 5.96. The molecule has 1 unspecified atom stereocenters. The van der Waals surface area contributed by atoms with Crippen LogP contribution in [0.15, 0.2) is 18.2 Å². The largest absolute Gasteiger partial charge is 0.391 e. The fourth-order valence-electron chi connectivity index (χ4n) is 1.66. The van der Waals surface area contributed by atoms with Gasteiger partial charge < -0.3 is 15.7 Å². The molecule has 1 rings (SSSR count). The Kier molecular flexibility index (Phi) is 6.37. The highest BCUT2D eigenvalue weighted by Gasteiger charge is 2.12. The van der Waals surface area contributed by atoms with Crippen LogP contribution >= 0.6 is 0 Å². The number of carbonyl (C=O) groups excluding carboxylic acids is 2. The standard InChI is InChI=1S/C16H24N2O3/c1-10(2)14(19)8-17-15(20)9-18-16(21)13-6-5-11(3)12(4)7-13/h5-7,10,14,19H,8-9H2,1-4H3,(H,17,20)(H,18,21). The molecule has 0 bridgehead atoms. The van der Waals surface area contributed by atoms with Crippen LogP contribution in [0.25, 0.3) is 0 Å². The smallest absolute Gasteiger partial charge is 0.251 e. The molecule has 1 aromatic carbocycles. The van der Waals surface area contributed by atoms with E-state index in [-0.39, 0.29) is 30.8 Å². The van der Waals surface area contributed by atoms with Crippen molar-refractivity contribution in [2.24, 2.45) is 5.92 Å². The third-order valence-electron chi connectivity index (χ3n) is 3.46. The van der Waals surface area contributed by atoms with Crippen molar-refractivity contribution in [2.45, 2.75) is 33.8 Å². The van der Waals surface area contributed by atoms with Crippen LogP contribution in [-0.2, 0) is 4.79 Å². The van der Waals surface area contributed by atoms with Gasteiger partial charge in [-0.3, -0.25) is 9.59 Å². The van der Waals surface area contributed by atoms with Crippen LogP contribution in [0.4, 0.5) is 0 Å². The van der Waals surface area contributed by atoms with Gasteiger partial charge in [-0.15, -0.1) is 0 Å². The van der Waals surface area contributed by atoms with Crippen LogP contribution in [0.3, 0.4) is 0 Å². The number of amides is 2. The zero-order chi connectivity index (χ0) is 16.0. The maximum Gasteiger partial charge on any atom is 0.251 e. The first-order valence-corrected chi connectivity index (χ1v) is 7.11. The van der Waals surface area contributed by atoms with Crippen molar-refractivity contribution in [3.8, 4) is 0 Å². The molecule has 1 aromatic rings. The zero-order valence-corrected chi connectivity index (χ0v) is 13.1. The van der Waals surface area contributed by atoms with E-state index in [1.165, 1.54) is 0 Å². The van der Waals surface area contributed by atoms with Crippen LogP contribution in [0.5, 0.6) is 0 Å². The summed E-state index contributed by atoms with van der Waals surface area (Å²) < 4.78 is 0. The summed E-state index contributed by atoms with van der Waals surface area (Å²) in [5, 5.41) is 14.7. The number of hydrogen-bond donors (Lipinski definition) is 3. The van der Waals surface area contributed by atoms with Crippen molar-refractivity contribution in [2.75, 3.05) is 13.1 Å². The quantitative estimate of drug-likeness (QED) is 0.736. The minimum atomic E-state index is -0.579. The van der Waals surface area contributed by atoms with E-state index in [0.717, 1.165) is 11.1 Å². The molecule has 0 aromatic heterocycles. The summed E-state index contributed by atoms with van der Waals surface area (Å²) in [6.45, 7) is 7.75. The predicted octanol–water partition coefficient (Wildman–Crippen LogP) is 1.17. The molecule has 0 aliphatic heterocycles. The molecule has 2 amide bonds. The number of aryl methyl sites for hydroxylation is 2. The second kappa shape index (κ2) is 7.78. The normalized spacial score (nSPS) is 12.1. The number of hydrogen-bond acceptors (Lipinski definition) is 3. The number of aliphatic hydroxyl groups is 1. The molecule has 0 fully saturated rings. The van der Waals surface area contributed by atoms with E-state index in [0.29, 0.717) is 5.56 Å². The monoisotopic (exact) mass is 292 g/mol. The molecule has 0 heterocycles. The molecule has 0 aliphatic carbocycles. The van der Waals surface area contributed by atoms with Crippen molar-refractivity contribution >= 4 is 11.8 Å². The van der Waals surface area contributed by atoms with Gasteiger partial charge in [0.15, 0.2) is 0 Å². The second-order valence-corrected chi connectivity index (χ2v) is 5.60. The molecule has 1 atom stereocenters. The Morgan fingerprint density at radius 3 is 2.38 bits per heavy atom. The molecule has 0 saturated carbocycles. The highest BCUT2D eigenvalue weighted by atomic mass is 16.3. The van der Waals surface area contributed by atoms with Gasteiger partial charge in [0.1, 0.15) is 0 Å². The van der Waals surface area contributed by atoms with E-state index in [2.05, 4.69) is 10.6 Å². The lowest BCUT2D eigenvalue weighted by Gasteiger charge is -2.15. The van der Waals surface area contributed by atoms with E-state index in [1.54, 1.807) is 12.1 Å².